The number of nitrogens with two attached hydrogens (primary N) is 1. The molecule has 3 rings (SSSR count). The third-order valence-corrected chi connectivity index (χ3v) is 4.59. The Morgan fingerprint density at radius 2 is 2.15 bits per heavy atom. The number of hydrogen-bond acceptors (Lipinski definition) is 4. The molecule has 2 heterocycles. The Morgan fingerprint density at radius 3 is 2.90 bits per heavy atom. The summed E-state index contributed by atoms with van der Waals surface area (Å²) in [7, 11) is 0. The largest absolute Gasteiger partial charge is 0.398 e. The van der Waals surface area contributed by atoms with E-state index >= 15 is 0 Å². The molecule has 0 spiro atoms. The average molecular weight is 289 g/mol. The number of ether oxygens (including phenoxy) is 1. The van der Waals surface area contributed by atoms with Crippen LogP contribution in [0.4, 0.5) is 5.69 Å². The topological polar surface area (TPSA) is 53.1 Å². The Kier molecular flexibility index (Phi) is 3.98. The lowest BCUT2D eigenvalue weighted by atomic mass is 10.1. The molecule has 2 N–H and O–H groups in total. The highest BCUT2D eigenvalue weighted by Crippen LogP contribution is 2.35. The van der Waals surface area contributed by atoms with Gasteiger partial charge in [-0.3, -0.25) is 4.68 Å². The smallest absolute Gasteiger partial charge is 0.0568 e. The van der Waals surface area contributed by atoms with Crippen molar-refractivity contribution in [2.75, 3.05) is 25.2 Å². The lowest BCUT2D eigenvalue weighted by molar-refractivity contribution is 0.0662. The first-order valence-corrected chi connectivity index (χ1v) is 8.07. The third-order valence-electron chi connectivity index (χ3n) is 3.73. The molecule has 0 amide bonds. The molecule has 1 aliphatic heterocycles. The van der Waals surface area contributed by atoms with Crippen molar-refractivity contribution in [1.82, 2.24) is 9.78 Å². The van der Waals surface area contributed by atoms with Crippen molar-refractivity contribution < 1.29 is 4.74 Å². The Hall–Kier alpha value is -1.46. The molecule has 1 fully saturated rings. The van der Waals surface area contributed by atoms with Gasteiger partial charge >= 0.3 is 0 Å². The fraction of sp³-hybridized carbons (Fsp3) is 0.400. The van der Waals surface area contributed by atoms with Crippen molar-refractivity contribution in [2.45, 2.75) is 23.8 Å². The van der Waals surface area contributed by atoms with Gasteiger partial charge in [0.25, 0.3) is 0 Å². The molecule has 20 heavy (non-hydrogen) atoms. The number of anilines is 1. The maximum absolute atomic E-state index is 6.05. The van der Waals surface area contributed by atoms with Gasteiger partial charge in [-0.15, -0.1) is 11.8 Å². The van der Waals surface area contributed by atoms with Crippen LogP contribution in [0, 0.1) is 0 Å². The zero-order chi connectivity index (χ0) is 13.9. The van der Waals surface area contributed by atoms with Crippen molar-refractivity contribution in [1.29, 1.82) is 0 Å². The molecule has 0 radical (unpaired) electrons. The van der Waals surface area contributed by atoms with Gasteiger partial charge in [0.15, 0.2) is 0 Å². The van der Waals surface area contributed by atoms with E-state index in [1.807, 2.05) is 18.3 Å². The van der Waals surface area contributed by atoms with Crippen LogP contribution in [0.1, 0.15) is 18.9 Å². The Labute approximate surface area is 123 Å². The van der Waals surface area contributed by atoms with Gasteiger partial charge in [0.1, 0.15) is 0 Å². The van der Waals surface area contributed by atoms with Gasteiger partial charge in [0.05, 0.1) is 12.2 Å². The van der Waals surface area contributed by atoms with Crippen LogP contribution >= 0.6 is 11.8 Å². The zero-order valence-electron chi connectivity index (χ0n) is 11.6. The summed E-state index contributed by atoms with van der Waals surface area (Å²) in [5, 5.41) is 4.53. The Morgan fingerprint density at radius 1 is 1.35 bits per heavy atom. The van der Waals surface area contributed by atoms with E-state index in [9.17, 15) is 0 Å². The number of thioether (sulfide) groups is 1. The van der Waals surface area contributed by atoms with Gasteiger partial charge in [0.2, 0.25) is 0 Å². The van der Waals surface area contributed by atoms with Crippen molar-refractivity contribution in [3.8, 4) is 11.1 Å². The van der Waals surface area contributed by atoms with E-state index in [0.717, 1.165) is 47.8 Å². The maximum Gasteiger partial charge on any atom is 0.0568 e. The highest BCUT2D eigenvalue weighted by molar-refractivity contribution is 7.98. The normalized spacial score (nSPS) is 16.4. The number of nitrogens with zero attached hydrogens (tertiary/aromatic N) is 2. The minimum Gasteiger partial charge on any atom is -0.398 e. The van der Waals surface area contributed by atoms with Gasteiger partial charge in [-0.25, -0.2) is 0 Å². The van der Waals surface area contributed by atoms with Crippen molar-refractivity contribution in [3.05, 3.63) is 30.6 Å². The van der Waals surface area contributed by atoms with E-state index < -0.39 is 0 Å². The van der Waals surface area contributed by atoms with Crippen LogP contribution in [0.2, 0.25) is 0 Å². The summed E-state index contributed by atoms with van der Waals surface area (Å²) in [5.41, 5.74) is 9.18. The van der Waals surface area contributed by atoms with Crippen LogP contribution in [0.15, 0.2) is 35.5 Å². The molecule has 0 aliphatic carbocycles. The first-order chi connectivity index (χ1) is 9.79. The molecule has 106 valence electrons. The minimum absolute atomic E-state index is 0.455. The average Bonchev–Trinajstić information content (AvgIpc) is 2.97. The molecule has 0 saturated carbocycles. The zero-order valence-corrected chi connectivity index (χ0v) is 12.4. The van der Waals surface area contributed by atoms with Crippen molar-refractivity contribution in [2.24, 2.45) is 0 Å². The molecule has 1 aliphatic rings. The second-order valence-electron chi connectivity index (χ2n) is 4.98. The minimum atomic E-state index is 0.455. The van der Waals surface area contributed by atoms with Crippen LogP contribution in [0.5, 0.6) is 0 Å². The van der Waals surface area contributed by atoms with Gasteiger partial charge < -0.3 is 10.5 Å². The lowest BCUT2D eigenvalue weighted by Gasteiger charge is -2.22. The van der Waals surface area contributed by atoms with E-state index in [4.69, 9.17) is 10.5 Å². The van der Waals surface area contributed by atoms with Gasteiger partial charge in [-0.2, -0.15) is 5.10 Å². The molecule has 5 heteroatoms. The standard InChI is InChI=1S/C15H19N3OS/c1-20-15-13(3-2-4-14(15)16)11-9-17-18(10-11)12-5-7-19-8-6-12/h2-4,9-10,12H,5-8,16H2,1H3. The maximum atomic E-state index is 6.05. The van der Waals surface area contributed by atoms with Gasteiger partial charge in [0, 0.05) is 41.1 Å². The molecule has 0 unspecified atom stereocenters. The van der Waals surface area contributed by atoms with Crippen LogP contribution < -0.4 is 5.73 Å². The second-order valence-corrected chi connectivity index (χ2v) is 5.80. The first kappa shape index (κ1) is 13.5. The Bertz CT molecular complexity index is 591. The van der Waals surface area contributed by atoms with Crippen LogP contribution in [0.25, 0.3) is 11.1 Å². The highest BCUT2D eigenvalue weighted by atomic mass is 32.2. The summed E-state index contributed by atoms with van der Waals surface area (Å²) in [6.45, 7) is 1.66. The van der Waals surface area contributed by atoms with Gasteiger partial charge in [-0.1, -0.05) is 12.1 Å². The predicted molar refractivity (Wildman–Crippen MR) is 82.9 cm³/mol. The SMILES string of the molecule is CSc1c(N)cccc1-c1cnn(C2CCOCC2)c1. The lowest BCUT2D eigenvalue weighted by Crippen LogP contribution is -2.19. The molecule has 1 aromatic carbocycles. The summed E-state index contributed by atoms with van der Waals surface area (Å²) < 4.78 is 7.48. The number of hydrogen-bond donors (Lipinski definition) is 1. The number of benzene rings is 1. The van der Waals surface area contributed by atoms with E-state index in [-0.39, 0.29) is 0 Å². The molecule has 2 aromatic rings. The van der Waals surface area contributed by atoms with Crippen molar-refractivity contribution in [3.63, 3.8) is 0 Å². The number of rotatable bonds is 3. The van der Waals surface area contributed by atoms with E-state index in [1.165, 1.54) is 0 Å². The van der Waals surface area contributed by atoms with E-state index in [1.54, 1.807) is 11.8 Å². The summed E-state index contributed by atoms with van der Waals surface area (Å²) >= 11 is 1.68. The number of nitrogen functional groups attached to an aromatic ring is 1. The van der Waals surface area contributed by atoms with Crippen LogP contribution in [-0.4, -0.2) is 29.3 Å². The summed E-state index contributed by atoms with van der Waals surface area (Å²) in [5.74, 6) is 0. The predicted octanol–water partition coefficient (Wildman–Crippen LogP) is 3.21. The molecule has 0 bridgehead atoms. The molecule has 4 nitrogen and oxygen atoms in total. The molecular formula is C15H19N3OS. The summed E-state index contributed by atoms with van der Waals surface area (Å²) in [4.78, 5) is 1.12. The van der Waals surface area contributed by atoms with E-state index in [2.05, 4.69) is 28.3 Å². The first-order valence-electron chi connectivity index (χ1n) is 6.84. The molecule has 1 aromatic heterocycles. The van der Waals surface area contributed by atoms with Crippen LogP contribution in [0.3, 0.4) is 0 Å². The van der Waals surface area contributed by atoms with Crippen LogP contribution in [-0.2, 0) is 4.74 Å². The fourth-order valence-corrected chi connectivity index (χ4v) is 3.35. The highest BCUT2D eigenvalue weighted by Gasteiger charge is 2.17. The molecular weight excluding hydrogens is 270 g/mol. The summed E-state index contributed by atoms with van der Waals surface area (Å²) in [6.07, 6.45) is 8.19. The molecule has 1 saturated heterocycles. The third kappa shape index (κ3) is 2.55. The quantitative estimate of drug-likeness (QED) is 0.696. The van der Waals surface area contributed by atoms with Gasteiger partial charge in [-0.05, 0) is 25.2 Å². The Balaban J connectivity index is 1.92. The molecule has 0 atom stereocenters. The summed E-state index contributed by atoms with van der Waals surface area (Å²) in [6, 6.07) is 6.50. The monoisotopic (exact) mass is 289 g/mol. The van der Waals surface area contributed by atoms with E-state index in [0.29, 0.717) is 6.04 Å². The second kappa shape index (κ2) is 5.89. The van der Waals surface area contributed by atoms with Crippen molar-refractivity contribution >= 4 is 17.4 Å². The number of aromatic nitrogens is 2. The fourth-order valence-electron chi connectivity index (χ4n) is 2.64.